The van der Waals surface area contributed by atoms with E-state index in [1.807, 2.05) is 17.4 Å². The van der Waals surface area contributed by atoms with Crippen molar-refractivity contribution >= 4 is 75.0 Å². The van der Waals surface area contributed by atoms with Crippen LogP contribution in [0.5, 0.6) is 0 Å². The molecular weight excluding hydrogens is 506 g/mol. The van der Waals surface area contributed by atoms with Gasteiger partial charge in [0.05, 0.1) is 26.9 Å². The highest BCUT2D eigenvalue weighted by Crippen LogP contribution is 2.43. The molecule has 0 spiro atoms. The minimum atomic E-state index is 0.693. The van der Waals surface area contributed by atoms with E-state index in [4.69, 9.17) is 9.97 Å². The number of aromatic nitrogens is 3. The first kappa shape index (κ1) is 21.8. The van der Waals surface area contributed by atoms with Gasteiger partial charge in [-0.3, -0.25) is 4.57 Å². The lowest BCUT2D eigenvalue weighted by Gasteiger charge is -2.13. The standard InChI is InChI=1S/C36H21N3S/c1-2-11-23(12-3-1)32-29-19-18-22-10-4-5-13-24(22)33(29)38-36(37-32)39-30-16-8-6-14-25(30)27-20-21-28-26-15-7-9-17-31(26)40-35(28)34(27)39/h1-21H. The van der Waals surface area contributed by atoms with Crippen molar-refractivity contribution in [3.05, 3.63) is 127 Å². The first-order valence-corrected chi connectivity index (χ1v) is 14.3. The molecule has 40 heavy (non-hydrogen) atoms. The molecule has 0 unspecified atom stereocenters. The third-order valence-corrected chi connectivity index (χ3v) is 9.20. The van der Waals surface area contributed by atoms with Crippen LogP contribution >= 0.6 is 11.3 Å². The van der Waals surface area contributed by atoms with Gasteiger partial charge >= 0.3 is 0 Å². The number of fused-ring (bicyclic) bond motifs is 10. The topological polar surface area (TPSA) is 30.7 Å². The van der Waals surface area contributed by atoms with Gasteiger partial charge in [0.2, 0.25) is 5.95 Å². The van der Waals surface area contributed by atoms with Gasteiger partial charge in [0.25, 0.3) is 0 Å². The average Bonchev–Trinajstić information content (AvgIpc) is 3.57. The van der Waals surface area contributed by atoms with Crippen LogP contribution in [0.1, 0.15) is 0 Å². The number of thiophene rings is 1. The van der Waals surface area contributed by atoms with E-state index in [9.17, 15) is 0 Å². The maximum atomic E-state index is 5.35. The molecule has 9 rings (SSSR count). The van der Waals surface area contributed by atoms with Gasteiger partial charge in [-0.15, -0.1) is 11.3 Å². The Balaban J connectivity index is 1.50. The Kier molecular flexibility index (Phi) is 4.48. The van der Waals surface area contributed by atoms with Crippen molar-refractivity contribution < 1.29 is 0 Å². The maximum absolute atomic E-state index is 5.35. The quantitative estimate of drug-likeness (QED) is 0.209. The molecule has 0 aliphatic heterocycles. The number of benzene rings is 6. The van der Waals surface area contributed by atoms with Crippen LogP contribution in [0, 0.1) is 0 Å². The normalized spacial score (nSPS) is 12.0. The van der Waals surface area contributed by atoms with Gasteiger partial charge in [-0.05, 0) is 23.6 Å². The summed E-state index contributed by atoms with van der Waals surface area (Å²) in [5.41, 5.74) is 5.27. The number of hydrogen-bond donors (Lipinski definition) is 0. The highest BCUT2D eigenvalue weighted by Gasteiger charge is 2.21. The molecule has 6 aromatic carbocycles. The van der Waals surface area contributed by atoms with Crippen molar-refractivity contribution in [2.24, 2.45) is 0 Å². The predicted molar refractivity (Wildman–Crippen MR) is 170 cm³/mol. The molecule has 3 nitrogen and oxygen atoms in total. The van der Waals surface area contributed by atoms with Gasteiger partial charge in [-0.2, -0.15) is 0 Å². The van der Waals surface area contributed by atoms with Crippen molar-refractivity contribution in [1.82, 2.24) is 14.5 Å². The van der Waals surface area contributed by atoms with Crippen LogP contribution < -0.4 is 0 Å². The van der Waals surface area contributed by atoms with Crippen LogP contribution in [0.4, 0.5) is 0 Å². The summed E-state index contributed by atoms with van der Waals surface area (Å²) in [5, 5.41) is 8.35. The third-order valence-electron chi connectivity index (χ3n) is 8.01. The van der Waals surface area contributed by atoms with E-state index in [2.05, 4.69) is 126 Å². The molecule has 0 aliphatic carbocycles. The average molecular weight is 528 g/mol. The molecule has 0 aliphatic rings. The van der Waals surface area contributed by atoms with Crippen molar-refractivity contribution in [3.8, 4) is 17.2 Å². The summed E-state index contributed by atoms with van der Waals surface area (Å²) in [6.45, 7) is 0. The lowest BCUT2D eigenvalue weighted by molar-refractivity contribution is 1.02. The fourth-order valence-electron chi connectivity index (χ4n) is 6.21. The van der Waals surface area contributed by atoms with E-state index in [1.165, 1.54) is 41.8 Å². The Bertz CT molecular complexity index is 2430. The summed E-state index contributed by atoms with van der Waals surface area (Å²) in [6.07, 6.45) is 0. The van der Waals surface area contributed by atoms with Crippen LogP contribution in [0.25, 0.3) is 80.9 Å². The molecule has 4 heteroatoms. The van der Waals surface area contributed by atoms with Crippen LogP contribution in [0.2, 0.25) is 0 Å². The molecule has 0 saturated heterocycles. The Morgan fingerprint density at radius 1 is 0.500 bits per heavy atom. The summed E-state index contributed by atoms with van der Waals surface area (Å²) in [5.74, 6) is 0.693. The van der Waals surface area contributed by atoms with Gasteiger partial charge in [-0.1, -0.05) is 109 Å². The van der Waals surface area contributed by atoms with Gasteiger partial charge in [0.15, 0.2) is 0 Å². The van der Waals surface area contributed by atoms with Gasteiger partial charge in [0, 0.05) is 42.6 Å². The molecule has 3 heterocycles. The second-order valence-corrected chi connectivity index (χ2v) is 11.3. The zero-order valence-corrected chi connectivity index (χ0v) is 22.2. The van der Waals surface area contributed by atoms with Crippen molar-refractivity contribution in [1.29, 1.82) is 0 Å². The fourth-order valence-corrected chi connectivity index (χ4v) is 7.45. The number of rotatable bonds is 2. The summed E-state index contributed by atoms with van der Waals surface area (Å²) >= 11 is 1.85. The van der Waals surface area contributed by atoms with Crippen molar-refractivity contribution in [2.75, 3.05) is 0 Å². The molecule has 186 valence electrons. The van der Waals surface area contributed by atoms with Crippen LogP contribution in [-0.2, 0) is 0 Å². The van der Waals surface area contributed by atoms with E-state index in [1.54, 1.807) is 0 Å². The van der Waals surface area contributed by atoms with Crippen molar-refractivity contribution in [2.45, 2.75) is 0 Å². The SMILES string of the molecule is c1ccc(-c2nc(-n3c4ccccc4c4ccc5c6ccccc6sc5c43)nc3c2ccc2ccccc23)cc1. The molecule has 9 aromatic rings. The largest absolute Gasteiger partial charge is 0.276 e. The van der Waals surface area contributed by atoms with Crippen LogP contribution in [-0.4, -0.2) is 14.5 Å². The second-order valence-electron chi connectivity index (χ2n) is 10.2. The predicted octanol–water partition coefficient (Wildman–Crippen LogP) is 9.91. The zero-order chi connectivity index (χ0) is 26.2. The van der Waals surface area contributed by atoms with Crippen LogP contribution in [0.15, 0.2) is 127 Å². The summed E-state index contributed by atoms with van der Waals surface area (Å²) in [6, 6.07) is 45.1. The zero-order valence-electron chi connectivity index (χ0n) is 21.4. The number of para-hydroxylation sites is 1. The van der Waals surface area contributed by atoms with Gasteiger partial charge < -0.3 is 0 Å². The molecule has 3 aromatic heterocycles. The molecule has 0 N–H and O–H groups in total. The molecule has 0 fully saturated rings. The smallest absolute Gasteiger partial charge is 0.235 e. The number of hydrogen-bond acceptors (Lipinski definition) is 3. The van der Waals surface area contributed by atoms with E-state index in [0.29, 0.717) is 5.95 Å². The Morgan fingerprint density at radius 2 is 1.20 bits per heavy atom. The van der Waals surface area contributed by atoms with Gasteiger partial charge in [-0.25, -0.2) is 9.97 Å². The van der Waals surface area contributed by atoms with E-state index in [-0.39, 0.29) is 0 Å². The van der Waals surface area contributed by atoms with E-state index >= 15 is 0 Å². The lowest BCUT2D eigenvalue weighted by Crippen LogP contribution is -2.04. The molecule has 0 atom stereocenters. The fraction of sp³-hybridized carbons (Fsp3) is 0. The summed E-state index contributed by atoms with van der Waals surface area (Å²) < 4.78 is 4.84. The lowest BCUT2D eigenvalue weighted by atomic mass is 10.0. The number of nitrogens with zero attached hydrogens (tertiary/aromatic N) is 3. The van der Waals surface area contributed by atoms with Crippen molar-refractivity contribution in [3.63, 3.8) is 0 Å². The first-order chi connectivity index (χ1) is 19.8. The molecule has 0 radical (unpaired) electrons. The molecule has 0 bridgehead atoms. The summed E-state index contributed by atoms with van der Waals surface area (Å²) in [7, 11) is 0. The minimum absolute atomic E-state index is 0.693. The van der Waals surface area contributed by atoms with Crippen LogP contribution in [0.3, 0.4) is 0 Å². The van der Waals surface area contributed by atoms with Gasteiger partial charge in [0.1, 0.15) is 0 Å². The van der Waals surface area contributed by atoms with E-state index in [0.717, 1.165) is 33.1 Å². The Morgan fingerprint density at radius 3 is 2.10 bits per heavy atom. The third kappa shape index (κ3) is 2.99. The first-order valence-electron chi connectivity index (χ1n) is 13.4. The Hall–Kier alpha value is -5.06. The highest BCUT2D eigenvalue weighted by molar-refractivity contribution is 7.26. The molecule has 0 amide bonds. The Labute approximate surface area is 233 Å². The van der Waals surface area contributed by atoms with E-state index < -0.39 is 0 Å². The molecule has 0 saturated carbocycles. The highest BCUT2D eigenvalue weighted by atomic mass is 32.1. The molecular formula is C36H21N3S. The maximum Gasteiger partial charge on any atom is 0.235 e. The second kappa shape index (κ2) is 8.22. The minimum Gasteiger partial charge on any atom is -0.276 e. The monoisotopic (exact) mass is 527 g/mol. The summed E-state index contributed by atoms with van der Waals surface area (Å²) in [4.78, 5) is 10.7.